The van der Waals surface area contributed by atoms with Gasteiger partial charge in [0, 0.05) is 19.2 Å². The highest BCUT2D eigenvalue weighted by Crippen LogP contribution is 2.05. The lowest BCUT2D eigenvalue weighted by atomic mass is 10.1. The van der Waals surface area contributed by atoms with Crippen LogP contribution in [-0.2, 0) is 6.54 Å². The van der Waals surface area contributed by atoms with Gasteiger partial charge in [0.2, 0.25) is 0 Å². The summed E-state index contributed by atoms with van der Waals surface area (Å²) in [5, 5.41) is 5.28. The Hall–Kier alpha value is -2.56. The molecule has 19 heavy (non-hydrogen) atoms. The van der Waals surface area contributed by atoms with Crippen LogP contribution in [0.15, 0.2) is 47.1 Å². The van der Waals surface area contributed by atoms with Crippen LogP contribution >= 0.6 is 0 Å². The molecule has 0 bridgehead atoms. The summed E-state index contributed by atoms with van der Waals surface area (Å²) < 4.78 is 4.98. The maximum Gasteiger partial charge on any atom is 0.287 e. The zero-order valence-corrected chi connectivity index (χ0v) is 10.5. The second-order valence-electron chi connectivity index (χ2n) is 3.94. The Balaban J connectivity index is 1.93. The van der Waals surface area contributed by atoms with Gasteiger partial charge in [0.15, 0.2) is 5.76 Å². The van der Waals surface area contributed by atoms with Crippen molar-refractivity contribution in [1.29, 1.82) is 0 Å². The number of hydrogen-bond acceptors (Lipinski definition) is 3. The fourth-order valence-electron chi connectivity index (χ4n) is 1.60. The molecule has 2 N–H and O–H groups in total. The van der Waals surface area contributed by atoms with Crippen molar-refractivity contribution in [2.45, 2.75) is 6.54 Å². The van der Waals surface area contributed by atoms with E-state index in [1.54, 1.807) is 43.4 Å². The monoisotopic (exact) mass is 258 g/mol. The zero-order valence-electron chi connectivity index (χ0n) is 10.5. The van der Waals surface area contributed by atoms with Crippen molar-refractivity contribution in [2.75, 3.05) is 7.05 Å². The first-order valence-corrected chi connectivity index (χ1v) is 5.83. The molecule has 1 aromatic heterocycles. The first-order chi connectivity index (χ1) is 9.20. The quantitative estimate of drug-likeness (QED) is 0.874. The van der Waals surface area contributed by atoms with Crippen molar-refractivity contribution in [2.24, 2.45) is 0 Å². The van der Waals surface area contributed by atoms with Crippen LogP contribution in [0.3, 0.4) is 0 Å². The number of nitrogens with one attached hydrogen (secondary N) is 2. The molecule has 1 heterocycles. The smallest absolute Gasteiger partial charge is 0.287 e. The first kappa shape index (κ1) is 12.9. The Morgan fingerprint density at radius 3 is 2.42 bits per heavy atom. The summed E-state index contributed by atoms with van der Waals surface area (Å²) in [5.41, 5.74) is 1.50. The number of furan rings is 1. The summed E-state index contributed by atoms with van der Waals surface area (Å²) in [6.07, 6.45) is 1.45. The van der Waals surface area contributed by atoms with Crippen LogP contribution < -0.4 is 10.6 Å². The molecule has 0 saturated carbocycles. The van der Waals surface area contributed by atoms with Crippen molar-refractivity contribution >= 4 is 11.8 Å². The maximum absolute atomic E-state index is 11.6. The summed E-state index contributed by atoms with van der Waals surface area (Å²) in [6, 6.07) is 10.3. The third-order valence-corrected chi connectivity index (χ3v) is 2.64. The Morgan fingerprint density at radius 2 is 1.84 bits per heavy atom. The van der Waals surface area contributed by atoms with Crippen molar-refractivity contribution in [1.82, 2.24) is 10.6 Å². The number of carbonyl (C=O) groups is 2. The van der Waals surface area contributed by atoms with Crippen LogP contribution in [0, 0.1) is 0 Å². The second kappa shape index (κ2) is 5.86. The van der Waals surface area contributed by atoms with E-state index in [2.05, 4.69) is 10.6 Å². The number of rotatable bonds is 4. The molecule has 0 spiro atoms. The molecule has 0 saturated heterocycles. The van der Waals surface area contributed by atoms with E-state index >= 15 is 0 Å². The van der Waals surface area contributed by atoms with Gasteiger partial charge in [-0.2, -0.15) is 0 Å². The molecule has 2 aromatic rings. The minimum absolute atomic E-state index is 0.133. The highest BCUT2D eigenvalue weighted by molar-refractivity contribution is 5.94. The Bertz CT molecular complexity index is 559. The highest BCUT2D eigenvalue weighted by Gasteiger charge is 2.08. The molecule has 0 atom stereocenters. The molecular weight excluding hydrogens is 244 g/mol. The van der Waals surface area contributed by atoms with Crippen LogP contribution in [0.2, 0.25) is 0 Å². The van der Waals surface area contributed by atoms with Crippen LogP contribution in [0.4, 0.5) is 0 Å². The molecule has 5 heteroatoms. The van der Waals surface area contributed by atoms with E-state index in [1.807, 2.05) is 0 Å². The fourth-order valence-corrected chi connectivity index (χ4v) is 1.60. The molecule has 98 valence electrons. The molecule has 0 aliphatic heterocycles. The van der Waals surface area contributed by atoms with Gasteiger partial charge in [-0.15, -0.1) is 0 Å². The van der Waals surface area contributed by atoms with Crippen LogP contribution in [0.5, 0.6) is 0 Å². The molecule has 0 radical (unpaired) electrons. The van der Waals surface area contributed by atoms with Crippen LogP contribution in [0.1, 0.15) is 26.5 Å². The average Bonchev–Trinajstić information content (AvgIpc) is 2.98. The van der Waals surface area contributed by atoms with E-state index in [0.29, 0.717) is 12.1 Å². The fraction of sp³-hybridized carbons (Fsp3) is 0.143. The average molecular weight is 258 g/mol. The van der Waals surface area contributed by atoms with Gasteiger partial charge < -0.3 is 15.1 Å². The topological polar surface area (TPSA) is 71.3 Å². The summed E-state index contributed by atoms with van der Waals surface area (Å²) >= 11 is 0. The van der Waals surface area contributed by atoms with Crippen LogP contribution in [0.25, 0.3) is 0 Å². The van der Waals surface area contributed by atoms with E-state index in [0.717, 1.165) is 5.56 Å². The summed E-state index contributed by atoms with van der Waals surface area (Å²) in [7, 11) is 1.58. The van der Waals surface area contributed by atoms with Crippen molar-refractivity contribution < 1.29 is 14.0 Å². The van der Waals surface area contributed by atoms with Crippen LogP contribution in [-0.4, -0.2) is 18.9 Å². The van der Waals surface area contributed by atoms with Gasteiger partial charge >= 0.3 is 0 Å². The molecule has 0 unspecified atom stereocenters. The van der Waals surface area contributed by atoms with E-state index in [-0.39, 0.29) is 17.6 Å². The van der Waals surface area contributed by atoms with E-state index in [1.165, 1.54) is 6.26 Å². The molecule has 0 aliphatic carbocycles. The Labute approximate surface area is 110 Å². The number of carbonyl (C=O) groups excluding carboxylic acids is 2. The van der Waals surface area contributed by atoms with Gasteiger partial charge in [0.25, 0.3) is 11.8 Å². The first-order valence-electron chi connectivity index (χ1n) is 5.83. The van der Waals surface area contributed by atoms with Gasteiger partial charge in [0.05, 0.1) is 6.26 Å². The molecular formula is C14H14N2O3. The van der Waals surface area contributed by atoms with Gasteiger partial charge in [-0.3, -0.25) is 9.59 Å². The minimum Gasteiger partial charge on any atom is -0.459 e. The molecule has 0 aliphatic rings. The Kier molecular flexibility index (Phi) is 3.97. The van der Waals surface area contributed by atoms with E-state index in [4.69, 9.17) is 4.42 Å². The minimum atomic E-state index is -0.264. The van der Waals surface area contributed by atoms with Crippen molar-refractivity contribution in [3.63, 3.8) is 0 Å². The summed E-state index contributed by atoms with van der Waals surface area (Å²) in [5.74, 6) is -0.117. The molecule has 0 fully saturated rings. The number of benzene rings is 1. The molecule has 2 amide bonds. The Morgan fingerprint density at radius 1 is 1.11 bits per heavy atom. The number of hydrogen-bond donors (Lipinski definition) is 2. The standard InChI is InChI=1S/C14H14N2O3/c1-15-13(17)11-6-4-10(5-7-11)9-16-14(18)12-3-2-8-19-12/h2-8H,9H2,1H3,(H,15,17)(H,16,18). The largest absolute Gasteiger partial charge is 0.459 e. The zero-order chi connectivity index (χ0) is 13.7. The van der Waals surface area contributed by atoms with Crippen molar-refractivity contribution in [3.8, 4) is 0 Å². The lowest BCUT2D eigenvalue weighted by Gasteiger charge is -2.05. The lowest BCUT2D eigenvalue weighted by molar-refractivity contribution is 0.0921. The third-order valence-electron chi connectivity index (χ3n) is 2.64. The maximum atomic E-state index is 11.6. The SMILES string of the molecule is CNC(=O)c1ccc(CNC(=O)c2ccco2)cc1. The molecule has 1 aromatic carbocycles. The second-order valence-corrected chi connectivity index (χ2v) is 3.94. The molecule has 5 nitrogen and oxygen atoms in total. The predicted octanol–water partition coefficient (Wildman–Crippen LogP) is 1.57. The van der Waals surface area contributed by atoms with E-state index in [9.17, 15) is 9.59 Å². The van der Waals surface area contributed by atoms with Gasteiger partial charge in [0.1, 0.15) is 0 Å². The predicted molar refractivity (Wildman–Crippen MR) is 69.7 cm³/mol. The van der Waals surface area contributed by atoms with Gasteiger partial charge in [-0.05, 0) is 29.8 Å². The number of amides is 2. The highest BCUT2D eigenvalue weighted by atomic mass is 16.3. The lowest BCUT2D eigenvalue weighted by Crippen LogP contribution is -2.22. The molecule has 2 rings (SSSR count). The van der Waals surface area contributed by atoms with Crippen molar-refractivity contribution in [3.05, 3.63) is 59.5 Å². The normalized spacial score (nSPS) is 9.95. The summed E-state index contributed by atoms with van der Waals surface area (Å²) in [4.78, 5) is 23.0. The summed E-state index contributed by atoms with van der Waals surface area (Å²) in [6.45, 7) is 0.382. The van der Waals surface area contributed by atoms with Gasteiger partial charge in [-0.25, -0.2) is 0 Å². The van der Waals surface area contributed by atoms with E-state index < -0.39 is 0 Å². The van der Waals surface area contributed by atoms with Gasteiger partial charge in [-0.1, -0.05) is 12.1 Å². The third kappa shape index (κ3) is 3.22.